The third kappa shape index (κ3) is 3.22. The zero-order chi connectivity index (χ0) is 14.9. The summed E-state index contributed by atoms with van der Waals surface area (Å²) in [5.74, 6) is 0.838. The van der Waals surface area contributed by atoms with E-state index >= 15 is 0 Å². The minimum Gasteiger partial charge on any atom is -0.497 e. The molecule has 1 aromatic carbocycles. The van der Waals surface area contributed by atoms with Crippen LogP contribution in [0, 0.1) is 0 Å². The van der Waals surface area contributed by atoms with Crippen molar-refractivity contribution in [2.45, 2.75) is 39.5 Å². The number of hydrogen-bond acceptors (Lipinski definition) is 4. The summed E-state index contributed by atoms with van der Waals surface area (Å²) < 4.78 is 10.6. The maximum Gasteiger partial charge on any atom is 0.424 e. The molecule has 5 nitrogen and oxygen atoms in total. The minimum atomic E-state index is -0.485. The van der Waals surface area contributed by atoms with Gasteiger partial charge in [0, 0.05) is 20.1 Å². The fourth-order valence-electron chi connectivity index (χ4n) is 2.14. The second kappa shape index (κ2) is 5.32. The largest absolute Gasteiger partial charge is 0.497 e. The number of hydrogen-bond donors (Lipinski definition) is 0. The summed E-state index contributed by atoms with van der Waals surface area (Å²) in [6.07, 6.45) is -0.336. The second-order valence-corrected chi connectivity index (χ2v) is 5.96. The molecule has 0 aliphatic carbocycles. The summed E-state index contributed by atoms with van der Waals surface area (Å²) in [4.78, 5) is 12.1. The maximum absolute atomic E-state index is 12.1. The highest BCUT2D eigenvalue weighted by atomic mass is 16.6. The molecule has 0 bridgehead atoms. The minimum absolute atomic E-state index is 0.336. The van der Waals surface area contributed by atoms with Crippen molar-refractivity contribution in [1.29, 1.82) is 0 Å². The predicted molar refractivity (Wildman–Crippen MR) is 76.2 cm³/mol. The molecule has 0 saturated heterocycles. The molecule has 5 heteroatoms. The number of fused-ring (bicyclic) bond motifs is 1. The molecule has 0 saturated carbocycles. The Bertz CT molecular complexity index is 508. The topological polar surface area (TPSA) is 42.0 Å². The number of methoxy groups -OCH3 is 1. The van der Waals surface area contributed by atoms with Crippen molar-refractivity contribution in [3.05, 3.63) is 29.3 Å². The SMILES string of the molecule is COc1ccc2c(c1)CN(N(C)C(=O)OC(C)(C)C)C2. The van der Waals surface area contributed by atoms with E-state index in [1.165, 1.54) is 16.1 Å². The highest BCUT2D eigenvalue weighted by Crippen LogP contribution is 2.27. The molecule has 0 aromatic heterocycles. The van der Waals surface area contributed by atoms with Gasteiger partial charge in [0.2, 0.25) is 0 Å². The monoisotopic (exact) mass is 278 g/mol. The first-order valence-corrected chi connectivity index (χ1v) is 6.67. The van der Waals surface area contributed by atoms with E-state index in [1.54, 1.807) is 14.2 Å². The molecule has 1 aliphatic rings. The van der Waals surface area contributed by atoms with E-state index in [-0.39, 0.29) is 6.09 Å². The fourth-order valence-corrected chi connectivity index (χ4v) is 2.14. The number of rotatable bonds is 2. The predicted octanol–water partition coefficient (Wildman–Crippen LogP) is 2.79. The lowest BCUT2D eigenvalue weighted by Gasteiger charge is -2.30. The van der Waals surface area contributed by atoms with Gasteiger partial charge < -0.3 is 9.47 Å². The zero-order valence-electron chi connectivity index (χ0n) is 12.8. The molecule has 1 amide bonds. The molecule has 0 unspecified atom stereocenters. The first kappa shape index (κ1) is 14.7. The van der Waals surface area contributed by atoms with Crippen molar-refractivity contribution >= 4 is 6.09 Å². The van der Waals surface area contributed by atoms with Crippen molar-refractivity contribution in [1.82, 2.24) is 10.0 Å². The van der Waals surface area contributed by atoms with Gasteiger partial charge in [-0.15, -0.1) is 0 Å². The smallest absolute Gasteiger partial charge is 0.424 e. The van der Waals surface area contributed by atoms with Gasteiger partial charge in [-0.2, -0.15) is 0 Å². The molecular weight excluding hydrogens is 256 g/mol. The normalized spacial score (nSPS) is 14.8. The number of hydrazine groups is 1. The van der Waals surface area contributed by atoms with Gasteiger partial charge in [-0.3, -0.25) is 0 Å². The summed E-state index contributed by atoms with van der Waals surface area (Å²) in [7, 11) is 3.39. The van der Waals surface area contributed by atoms with Gasteiger partial charge in [-0.25, -0.2) is 14.8 Å². The number of ether oxygens (including phenoxy) is 2. The van der Waals surface area contributed by atoms with Gasteiger partial charge in [0.25, 0.3) is 0 Å². The van der Waals surface area contributed by atoms with Crippen LogP contribution in [-0.4, -0.2) is 35.9 Å². The first-order chi connectivity index (χ1) is 9.30. The summed E-state index contributed by atoms with van der Waals surface area (Å²) in [6, 6.07) is 5.99. The van der Waals surface area contributed by atoms with E-state index in [0.29, 0.717) is 13.1 Å². The quantitative estimate of drug-likeness (QED) is 0.834. The van der Waals surface area contributed by atoms with Gasteiger partial charge in [0.1, 0.15) is 11.4 Å². The van der Waals surface area contributed by atoms with Crippen LogP contribution >= 0.6 is 0 Å². The molecular formula is C15H22N2O3. The third-order valence-electron chi connectivity index (χ3n) is 3.20. The zero-order valence-corrected chi connectivity index (χ0v) is 12.8. The van der Waals surface area contributed by atoms with Gasteiger partial charge in [-0.05, 0) is 44.0 Å². The van der Waals surface area contributed by atoms with Crippen LogP contribution in [0.15, 0.2) is 18.2 Å². The van der Waals surface area contributed by atoms with Crippen LogP contribution in [0.1, 0.15) is 31.9 Å². The van der Waals surface area contributed by atoms with Crippen molar-refractivity contribution in [3.8, 4) is 5.75 Å². The molecule has 0 fully saturated rings. The van der Waals surface area contributed by atoms with Gasteiger partial charge in [0.15, 0.2) is 0 Å². The van der Waals surface area contributed by atoms with Crippen LogP contribution in [-0.2, 0) is 17.8 Å². The van der Waals surface area contributed by atoms with Crippen LogP contribution in [0.4, 0.5) is 4.79 Å². The number of amides is 1. The van der Waals surface area contributed by atoms with Crippen LogP contribution < -0.4 is 4.74 Å². The number of benzene rings is 1. The van der Waals surface area contributed by atoms with Crippen LogP contribution in [0.2, 0.25) is 0 Å². The van der Waals surface area contributed by atoms with E-state index in [1.807, 2.05) is 44.0 Å². The molecule has 20 heavy (non-hydrogen) atoms. The van der Waals surface area contributed by atoms with E-state index < -0.39 is 5.60 Å². The van der Waals surface area contributed by atoms with E-state index in [0.717, 1.165) is 5.75 Å². The van der Waals surface area contributed by atoms with Gasteiger partial charge in [-0.1, -0.05) is 6.07 Å². The Hall–Kier alpha value is -1.75. The van der Waals surface area contributed by atoms with Crippen molar-refractivity contribution in [3.63, 3.8) is 0 Å². The molecule has 0 radical (unpaired) electrons. The molecule has 1 aliphatic heterocycles. The Kier molecular flexibility index (Phi) is 3.90. The number of carbonyl (C=O) groups is 1. The average Bonchev–Trinajstić information content (AvgIpc) is 2.78. The highest BCUT2D eigenvalue weighted by molar-refractivity contribution is 5.67. The standard InChI is InChI=1S/C15H22N2O3/c1-15(2,3)20-14(18)16(4)17-9-11-6-7-13(19-5)8-12(11)10-17/h6-8H,9-10H2,1-5H3. The maximum atomic E-state index is 12.1. The van der Waals surface area contributed by atoms with E-state index in [2.05, 4.69) is 0 Å². The Morgan fingerprint density at radius 1 is 1.25 bits per heavy atom. The Morgan fingerprint density at radius 2 is 1.90 bits per heavy atom. The molecule has 1 aromatic rings. The summed E-state index contributed by atoms with van der Waals surface area (Å²) in [5.41, 5.74) is 1.90. The summed E-state index contributed by atoms with van der Waals surface area (Å²) in [6.45, 7) is 6.98. The Balaban J connectivity index is 2.04. The van der Waals surface area contributed by atoms with Crippen molar-refractivity contribution < 1.29 is 14.3 Å². The third-order valence-corrected chi connectivity index (χ3v) is 3.20. The van der Waals surface area contributed by atoms with Gasteiger partial charge >= 0.3 is 6.09 Å². The van der Waals surface area contributed by atoms with Crippen molar-refractivity contribution in [2.75, 3.05) is 14.2 Å². The van der Waals surface area contributed by atoms with Crippen LogP contribution in [0.3, 0.4) is 0 Å². The summed E-state index contributed by atoms with van der Waals surface area (Å²) in [5, 5.41) is 3.50. The first-order valence-electron chi connectivity index (χ1n) is 6.67. The fraction of sp³-hybridized carbons (Fsp3) is 0.533. The molecule has 110 valence electrons. The lowest BCUT2D eigenvalue weighted by atomic mass is 10.1. The van der Waals surface area contributed by atoms with Gasteiger partial charge in [0.05, 0.1) is 7.11 Å². The molecule has 0 atom stereocenters. The lowest BCUT2D eigenvalue weighted by Crippen LogP contribution is -2.43. The van der Waals surface area contributed by atoms with Crippen LogP contribution in [0.5, 0.6) is 5.75 Å². The molecule has 0 spiro atoms. The number of nitrogens with zero attached hydrogens (tertiary/aromatic N) is 2. The van der Waals surface area contributed by atoms with E-state index in [9.17, 15) is 4.79 Å². The molecule has 0 N–H and O–H groups in total. The molecule has 2 rings (SSSR count). The average molecular weight is 278 g/mol. The van der Waals surface area contributed by atoms with Crippen molar-refractivity contribution in [2.24, 2.45) is 0 Å². The lowest BCUT2D eigenvalue weighted by molar-refractivity contribution is -0.0403. The molecule has 1 heterocycles. The van der Waals surface area contributed by atoms with E-state index in [4.69, 9.17) is 9.47 Å². The number of carbonyl (C=O) groups excluding carboxylic acids is 1. The van der Waals surface area contributed by atoms with Crippen LogP contribution in [0.25, 0.3) is 0 Å². The summed E-state index contributed by atoms with van der Waals surface area (Å²) >= 11 is 0. The second-order valence-electron chi connectivity index (χ2n) is 5.96. The Morgan fingerprint density at radius 3 is 2.50 bits per heavy atom. The highest BCUT2D eigenvalue weighted by Gasteiger charge is 2.28. The Labute approximate surface area is 120 Å².